The lowest BCUT2D eigenvalue weighted by molar-refractivity contribution is -0.122. The van der Waals surface area contributed by atoms with Crippen molar-refractivity contribution < 1.29 is 4.79 Å². The third-order valence-corrected chi connectivity index (χ3v) is 4.50. The third-order valence-electron chi connectivity index (χ3n) is 4.50. The summed E-state index contributed by atoms with van der Waals surface area (Å²) in [6, 6.07) is 0.874. The van der Waals surface area contributed by atoms with Crippen molar-refractivity contribution in [3.8, 4) is 0 Å². The molecular formula is C16H34N4O. The van der Waals surface area contributed by atoms with Crippen molar-refractivity contribution in [3.05, 3.63) is 0 Å². The van der Waals surface area contributed by atoms with Gasteiger partial charge in [0.05, 0.1) is 6.54 Å². The van der Waals surface area contributed by atoms with E-state index in [-0.39, 0.29) is 11.9 Å². The summed E-state index contributed by atoms with van der Waals surface area (Å²) in [5.41, 5.74) is 5.71. The second-order valence-electron chi connectivity index (χ2n) is 6.18. The first-order valence-corrected chi connectivity index (χ1v) is 8.56. The molecule has 0 bridgehead atoms. The van der Waals surface area contributed by atoms with E-state index in [2.05, 4.69) is 35.9 Å². The Labute approximate surface area is 130 Å². The fourth-order valence-electron chi connectivity index (χ4n) is 2.98. The Bertz CT molecular complexity index is 298. The van der Waals surface area contributed by atoms with Gasteiger partial charge in [-0.05, 0) is 52.2 Å². The van der Waals surface area contributed by atoms with Gasteiger partial charge in [-0.3, -0.25) is 14.6 Å². The molecule has 124 valence electrons. The number of rotatable bonds is 8. The first kappa shape index (κ1) is 18.4. The minimum absolute atomic E-state index is 0.159. The van der Waals surface area contributed by atoms with Crippen LogP contribution in [0, 0.1) is 0 Å². The summed E-state index contributed by atoms with van der Waals surface area (Å²) in [7, 11) is 0. The van der Waals surface area contributed by atoms with Crippen LogP contribution in [-0.2, 0) is 4.79 Å². The predicted molar refractivity (Wildman–Crippen MR) is 88.3 cm³/mol. The smallest absolute Gasteiger partial charge is 0.234 e. The Kier molecular flexibility index (Phi) is 8.88. The standard InChI is InChI=1S/C16H34N4O/c1-4-14(3)18-16(21)13-19-9-6-10-20(12-11-19)15(5-2)7-8-17/h14-15H,4-13,17H2,1-3H3,(H,18,21). The third kappa shape index (κ3) is 6.76. The van der Waals surface area contributed by atoms with Crippen LogP contribution in [0.1, 0.15) is 46.5 Å². The summed E-state index contributed by atoms with van der Waals surface area (Å²) in [6.07, 6.45) is 4.35. The van der Waals surface area contributed by atoms with Crippen molar-refractivity contribution >= 4 is 5.91 Å². The molecule has 3 N–H and O–H groups in total. The van der Waals surface area contributed by atoms with Crippen LogP contribution >= 0.6 is 0 Å². The van der Waals surface area contributed by atoms with Gasteiger partial charge in [0, 0.05) is 25.2 Å². The van der Waals surface area contributed by atoms with Gasteiger partial charge in [0.2, 0.25) is 5.91 Å². The molecule has 0 aromatic rings. The van der Waals surface area contributed by atoms with E-state index in [1.165, 1.54) is 0 Å². The van der Waals surface area contributed by atoms with Crippen LogP contribution in [0.5, 0.6) is 0 Å². The second kappa shape index (κ2) is 10.1. The Morgan fingerprint density at radius 1 is 1.19 bits per heavy atom. The number of carbonyl (C=O) groups is 1. The van der Waals surface area contributed by atoms with Crippen molar-refractivity contribution in [1.82, 2.24) is 15.1 Å². The zero-order valence-electron chi connectivity index (χ0n) is 14.1. The number of nitrogens with one attached hydrogen (secondary N) is 1. The Morgan fingerprint density at radius 3 is 2.57 bits per heavy atom. The molecule has 0 saturated carbocycles. The number of hydrogen-bond acceptors (Lipinski definition) is 4. The van der Waals surface area contributed by atoms with E-state index < -0.39 is 0 Å². The highest BCUT2D eigenvalue weighted by Gasteiger charge is 2.21. The molecule has 0 aromatic heterocycles. The fourth-order valence-corrected chi connectivity index (χ4v) is 2.98. The number of amides is 1. The van der Waals surface area contributed by atoms with Crippen LogP contribution in [-0.4, -0.2) is 67.1 Å². The van der Waals surface area contributed by atoms with Gasteiger partial charge in [-0.15, -0.1) is 0 Å². The van der Waals surface area contributed by atoms with E-state index in [9.17, 15) is 4.79 Å². The highest BCUT2D eigenvalue weighted by atomic mass is 16.2. The normalized spacial score (nSPS) is 20.8. The van der Waals surface area contributed by atoms with Gasteiger partial charge in [0.1, 0.15) is 0 Å². The summed E-state index contributed by atoms with van der Waals surface area (Å²) < 4.78 is 0. The lowest BCUT2D eigenvalue weighted by Gasteiger charge is -2.29. The molecule has 1 rings (SSSR count). The quantitative estimate of drug-likeness (QED) is 0.703. The molecule has 0 radical (unpaired) electrons. The zero-order chi connectivity index (χ0) is 15.7. The lowest BCUT2D eigenvalue weighted by atomic mass is 10.1. The first-order valence-electron chi connectivity index (χ1n) is 8.56. The van der Waals surface area contributed by atoms with Crippen LogP contribution < -0.4 is 11.1 Å². The number of hydrogen-bond donors (Lipinski definition) is 2. The molecule has 1 saturated heterocycles. The fraction of sp³-hybridized carbons (Fsp3) is 0.938. The Hall–Kier alpha value is -0.650. The van der Waals surface area contributed by atoms with E-state index in [1.807, 2.05) is 0 Å². The molecule has 1 aliphatic rings. The summed E-state index contributed by atoms with van der Waals surface area (Å²) in [5, 5.41) is 3.05. The topological polar surface area (TPSA) is 61.6 Å². The molecule has 5 nitrogen and oxygen atoms in total. The summed E-state index contributed by atoms with van der Waals surface area (Å²) >= 11 is 0. The number of nitrogens with zero attached hydrogens (tertiary/aromatic N) is 2. The van der Waals surface area contributed by atoms with Crippen molar-refractivity contribution in [2.45, 2.75) is 58.5 Å². The highest BCUT2D eigenvalue weighted by molar-refractivity contribution is 5.78. The monoisotopic (exact) mass is 298 g/mol. The molecular weight excluding hydrogens is 264 g/mol. The average Bonchev–Trinajstić information content (AvgIpc) is 2.70. The highest BCUT2D eigenvalue weighted by Crippen LogP contribution is 2.12. The Balaban J connectivity index is 2.39. The average molecular weight is 298 g/mol. The maximum Gasteiger partial charge on any atom is 0.234 e. The molecule has 21 heavy (non-hydrogen) atoms. The molecule has 1 aliphatic heterocycles. The minimum Gasteiger partial charge on any atom is -0.353 e. The van der Waals surface area contributed by atoms with Crippen molar-refractivity contribution in [3.63, 3.8) is 0 Å². The molecule has 1 heterocycles. The van der Waals surface area contributed by atoms with E-state index in [1.54, 1.807) is 0 Å². The summed E-state index contributed by atoms with van der Waals surface area (Å²) in [4.78, 5) is 16.8. The minimum atomic E-state index is 0.159. The van der Waals surface area contributed by atoms with Crippen molar-refractivity contribution in [1.29, 1.82) is 0 Å². The van der Waals surface area contributed by atoms with Crippen molar-refractivity contribution in [2.24, 2.45) is 5.73 Å². The molecule has 0 aliphatic carbocycles. The van der Waals surface area contributed by atoms with E-state index in [0.29, 0.717) is 12.6 Å². The van der Waals surface area contributed by atoms with Crippen LogP contribution in [0.15, 0.2) is 0 Å². The lowest BCUT2D eigenvalue weighted by Crippen LogP contribution is -2.43. The van der Waals surface area contributed by atoms with Crippen LogP contribution in [0.4, 0.5) is 0 Å². The molecule has 0 aromatic carbocycles. The van der Waals surface area contributed by atoms with E-state index in [0.717, 1.165) is 58.4 Å². The van der Waals surface area contributed by atoms with Gasteiger partial charge in [-0.25, -0.2) is 0 Å². The summed E-state index contributed by atoms with van der Waals surface area (Å²) in [5.74, 6) is 0.159. The van der Waals surface area contributed by atoms with Gasteiger partial charge >= 0.3 is 0 Å². The van der Waals surface area contributed by atoms with Crippen molar-refractivity contribution in [2.75, 3.05) is 39.3 Å². The molecule has 1 fully saturated rings. The molecule has 5 heteroatoms. The maximum atomic E-state index is 12.0. The van der Waals surface area contributed by atoms with Gasteiger partial charge < -0.3 is 11.1 Å². The largest absolute Gasteiger partial charge is 0.353 e. The molecule has 2 unspecified atom stereocenters. The molecule has 2 atom stereocenters. The van der Waals surface area contributed by atoms with Gasteiger partial charge in [0.25, 0.3) is 0 Å². The first-order chi connectivity index (χ1) is 10.1. The van der Waals surface area contributed by atoms with Crippen LogP contribution in [0.3, 0.4) is 0 Å². The van der Waals surface area contributed by atoms with E-state index in [4.69, 9.17) is 5.73 Å². The second-order valence-corrected chi connectivity index (χ2v) is 6.18. The molecule has 1 amide bonds. The van der Waals surface area contributed by atoms with Gasteiger partial charge in [0.15, 0.2) is 0 Å². The van der Waals surface area contributed by atoms with Gasteiger partial charge in [-0.2, -0.15) is 0 Å². The van der Waals surface area contributed by atoms with Crippen LogP contribution in [0.25, 0.3) is 0 Å². The zero-order valence-corrected chi connectivity index (χ0v) is 14.1. The van der Waals surface area contributed by atoms with Gasteiger partial charge in [-0.1, -0.05) is 13.8 Å². The molecule has 0 spiro atoms. The van der Waals surface area contributed by atoms with E-state index >= 15 is 0 Å². The predicted octanol–water partition coefficient (Wildman–Crippen LogP) is 1.04. The SMILES string of the molecule is CCC(C)NC(=O)CN1CCCN(C(CC)CCN)CC1. The van der Waals surface area contributed by atoms with Crippen LogP contribution in [0.2, 0.25) is 0 Å². The summed E-state index contributed by atoms with van der Waals surface area (Å²) in [6.45, 7) is 11.9. The number of nitrogens with two attached hydrogens (primary N) is 1. The number of carbonyl (C=O) groups excluding carboxylic acids is 1. The maximum absolute atomic E-state index is 12.0. The Morgan fingerprint density at radius 2 is 1.95 bits per heavy atom.